The molecular weight excluding hydrogens is 1290 g/mol. The van der Waals surface area contributed by atoms with Crippen molar-refractivity contribution in [3.63, 3.8) is 0 Å². The van der Waals surface area contributed by atoms with Crippen LogP contribution >= 0.6 is 0 Å². The van der Waals surface area contributed by atoms with Crippen LogP contribution in [0.3, 0.4) is 0 Å². The maximum atomic E-state index is 15.2. The Labute approximate surface area is 595 Å². The van der Waals surface area contributed by atoms with Crippen molar-refractivity contribution in [3.05, 3.63) is 12.7 Å². The van der Waals surface area contributed by atoms with Gasteiger partial charge in [0.2, 0.25) is 65.0 Å². The van der Waals surface area contributed by atoms with E-state index in [0.717, 1.165) is 43.8 Å². The number of amides is 11. The van der Waals surface area contributed by atoms with Crippen molar-refractivity contribution in [2.75, 3.05) is 81.7 Å². The lowest BCUT2D eigenvalue weighted by molar-refractivity contribution is -0.154. The van der Waals surface area contributed by atoms with E-state index in [0.29, 0.717) is 39.0 Å². The number of unbranched alkanes of at least 4 members (excludes halogenated alkanes) is 3. The van der Waals surface area contributed by atoms with Gasteiger partial charge in [0.25, 0.3) is 0 Å². The van der Waals surface area contributed by atoms with Crippen LogP contribution in [0, 0.1) is 35.5 Å². The van der Waals surface area contributed by atoms with Crippen LogP contribution in [-0.4, -0.2) is 280 Å². The molecule has 14 atom stereocenters. The molecule has 2 saturated heterocycles. The summed E-state index contributed by atoms with van der Waals surface area (Å²) < 4.78 is 13.6. The zero-order valence-electron chi connectivity index (χ0n) is 64.4. The van der Waals surface area contributed by atoms with E-state index in [-0.39, 0.29) is 50.0 Å². The summed E-state index contributed by atoms with van der Waals surface area (Å²) in [5.41, 5.74) is 0. The number of hydrogen-bond acceptors (Lipinski definition) is 17. The molecule has 0 aromatic carbocycles. The lowest BCUT2D eigenvalue weighted by atomic mass is 9.91. The molecule has 2 aliphatic rings. The fourth-order valence-corrected chi connectivity index (χ4v) is 12.9. The Morgan fingerprint density at radius 3 is 1.56 bits per heavy atom. The van der Waals surface area contributed by atoms with E-state index < -0.39 is 161 Å². The summed E-state index contributed by atoms with van der Waals surface area (Å²) in [6.45, 7) is 31.9. The normalized spacial score (nSPS) is 26.6. The van der Waals surface area contributed by atoms with Crippen molar-refractivity contribution < 1.29 is 67.3 Å². The molecule has 2 aliphatic heterocycles. The highest BCUT2D eigenvalue weighted by molar-refractivity contribution is 6.00. The highest BCUT2D eigenvalue weighted by Gasteiger charge is 2.45. The Hall–Kier alpha value is -6.85. The average Bonchev–Trinajstić information content (AvgIpc) is 0.958. The standard InChI is InChI=1S/C71H127N15O14/c1-23-52-68(95)79(17)50(15)67(94)84(22)59(51(16)100-34-28-27-30-85-32-35-99-36-33-85)65(92)77-56(45(8)9)71(98)80(18)53(37-42(2)3)62(89)74-48(13)61(88)75-49(14)66(93)81(19)54(38-43(4)5)69(96)82(20)55(39-44(6)7)70(97)83(21)58(46(10)11)64(91)78-57(63(90)76-52)60(87)47(12)29-25-24-26-31-86-41-72-40-73-86/h40-60,87H,23-39H2,1-22H3,(H,74,89)(H,75,88)(H,76,90)(H,77,92)(H,78,91)/t47-,48+,49-,50-,51-,52+,53+,54+,55+,56+,57+,58+,59+,60-/m1/s1. The van der Waals surface area contributed by atoms with E-state index in [4.69, 9.17) is 9.47 Å². The van der Waals surface area contributed by atoms with Crippen molar-refractivity contribution in [1.29, 1.82) is 0 Å². The van der Waals surface area contributed by atoms with Crippen molar-refractivity contribution in [3.8, 4) is 0 Å². The van der Waals surface area contributed by atoms with Gasteiger partial charge in [-0.2, -0.15) is 5.10 Å². The number of nitrogens with zero attached hydrogens (tertiary/aromatic N) is 10. The van der Waals surface area contributed by atoms with Crippen molar-refractivity contribution >= 4 is 65.0 Å². The molecule has 3 rings (SSSR count). The zero-order chi connectivity index (χ0) is 75.7. The summed E-state index contributed by atoms with van der Waals surface area (Å²) in [6, 6.07) is -14.3. The quantitative estimate of drug-likeness (QED) is 0.0811. The van der Waals surface area contributed by atoms with E-state index in [1.54, 1.807) is 59.5 Å². The molecule has 11 amide bonds. The van der Waals surface area contributed by atoms with Gasteiger partial charge in [-0.1, -0.05) is 95.9 Å². The van der Waals surface area contributed by atoms with Gasteiger partial charge in [0.15, 0.2) is 0 Å². The summed E-state index contributed by atoms with van der Waals surface area (Å²) in [5.74, 6) is -10.2. The molecule has 2 fully saturated rings. The monoisotopic (exact) mass is 1410 g/mol. The van der Waals surface area contributed by atoms with Crippen LogP contribution in [0.2, 0.25) is 0 Å². The van der Waals surface area contributed by atoms with Crippen LogP contribution in [0.4, 0.5) is 0 Å². The van der Waals surface area contributed by atoms with E-state index in [2.05, 4.69) is 41.6 Å². The molecule has 0 bridgehead atoms. The van der Waals surface area contributed by atoms with Crippen molar-refractivity contribution in [2.45, 2.75) is 260 Å². The first kappa shape index (κ1) is 87.4. The molecule has 0 spiro atoms. The maximum absolute atomic E-state index is 15.2. The molecule has 0 aliphatic carbocycles. The number of aliphatic hydroxyl groups excluding tert-OH is 1. The predicted molar refractivity (Wildman–Crippen MR) is 380 cm³/mol. The van der Waals surface area contributed by atoms with Crippen LogP contribution in [0.15, 0.2) is 12.7 Å². The Morgan fingerprint density at radius 1 is 0.510 bits per heavy atom. The van der Waals surface area contributed by atoms with Gasteiger partial charge in [0, 0.05) is 68.5 Å². The summed E-state index contributed by atoms with van der Waals surface area (Å²) in [4.78, 5) is 177. The van der Waals surface area contributed by atoms with E-state index in [1.807, 2.05) is 41.5 Å². The molecule has 1 aromatic rings. The minimum Gasteiger partial charge on any atom is -0.390 e. The molecule has 1 aromatic heterocycles. The summed E-state index contributed by atoms with van der Waals surface area (Å²) >= 11 is 0. The smallest absolute Gasteiger partial charge is 0.246 e. The zero-order valence-corrected chi connectivity index (χ0v) is 64.4. The Bertz CT molecular complexity index is 2800. The second kappa shape index (κ2) is 41.9. The molecule has 100 heavy (non-hydrogen) atoms. The number of carbonyl (C=O) groups excluding carboxylic acids is 11. The minimum absolute atomic E-state index is 0.0195. The van der Waals surface area contributed by atoms with Gasteiger partial charge in [0.1, 0.15) is 79.1 Å². The lowest BCUT2D eigenvalue weighted by Crippen LogP contribution is -2.64. The molecule has 29 heteroatoms. The highest BCUT2D eigenvalue weighted by atomic mass is 16.5. The fourth-order valence-electron chi connectivity index (χ4n) is 12.9. The number of morpholine rings is 1. The Kier molecular flexibility index (Phi) is 36.6. The lowest BCUT2D eigenvalue weighted by Gasteiger charge is -2.40. The van der Waals surface area contributed by atoms with Crippen LogP contribution in [0.25, 0.3) is 0 Å². The van der Waals surface area contributed by atoms with Crippen LogP contribution < -0.4 is 26.6 Å². The van der Waals surface area contributed by atoms with Gasteiger partial charge in [-0.3, -0.25) is 62.3 Å². The van der Waals surface area contributed by atoms with Gasteiger partial charge in [0.05, 0.1) is 25.4 Å². The third kappa shape index (κ3) is 25.6. The number of rotatable bonds is 24. The average molecular weight is 1410 g/mol. The SMILES string of the molecule is CC[C@@H]1NC(=O)[C@H]([C@H](O)[C@H](C)CCCCCn2cncn2)NC(=O)[C@H](C(C)C)N(C)C(=O)[C@H](CC(C)C)N(C)C(=O)[C@H](CC(C)C)N(C)C(=O)[C@@H](C)NC(=O)[C@H](C)NC(=O)[C@H](CC(C)C)N(C)C(=O)[C@H](C(C)C)NC(=O)[C@H]([C@@H](C)OCCCCN2CCOCC2)N(C)C(=O)[C@@H](C)N(C)C1=O. The van der Waals surface area contributed by atoms with Gasteiger partial charge in [-0.15, -0.1) is 0 Å². The number of aryl methyl sites for hydroxylation is 1. The topological polar surface area (TPSA) is 340 Å². The van der Waals surface area contributed by atoms with Gasteiger partial charge >= 0.3 is 0 Å². The summed E-state index contributed by atoms with van der Waals surface area (Å²) in [7, 11) is 8.54. The van der Waals surface area contributed by atoms with E-state index in [1.165, 1.54) is 93.9 Å². The van der Waals surface area contributed by atoms with E-state index in [9.17, 15) is 29.1 Å². The first-order valence-corrected chi connectivity index (χ1v) is 36.3. The van der Waals surface area contributed by atoms with Crippen LogP contribution in [-0.2, 0) is 68.8 Å². The minimum atomic E-state index is -1.70. The van der Waals surface area contributed by atoms with Crippen LogP contribution in [0.1, 0.15) is 175 Å². The largest absolute Gasteiger partial charge is 0.390 e. The predicted octanol–water partition coefficient (Wildman–Crippen LogP) is 2.67. The number of ether oxygens (including phenoxy) is 2. The first-order valence-electron chi connectivity index (χ1n) is 36.3. The third-order valence-electron chi connectivity index (χ3n) is 19.4. The number of likely N-dealkylation sites (N-methyl/N-ethyl adjacent to an activating group) is 6. The Balaban J connectivity index is 2.28. The molecule has 29 nitrogen and oxygen atoms in total. The number of nitrogens with one attached hydrogen (secondary N) is 5. The van der Waals surface area contributed by atoms with E-state index >= 15 is 28.8 Å². The molecule has 0 unspecified atom stereocenters. The highest BCUT2D eigenvalue weighted by Crippen LogP contribution is 2.25. The molecule has 0 saturated carbocycles. The van der Waals surface area contributed by atoms with Gasteiger partial charge in [-0.25, -0.2) is 4.98 Å². The number of hydrogen-bond donors (Lipinski definition) is 6. The number of carbonyl (C=O) groups is 11. The second-order valence-electron chi connectivity index (χ2n) is 29.8. The number of aliphatic hydroxyl groups is 1. The molecule has 0 radical (unpaired) electrons. The molecule has 570 valence electrons. The van der Waals surface area contributed by atoms with Gasteiger partial charge in [-0.05, 0) is 121 Å². The molecular formula is C71H127N15O14. The fraction of sp³-hybridized carbons (Fsp3) is 0.817. The maximum Gasteiger partial charge on any atom is 0.246 e. The summed E-state index contributed by atoms with van der Waals surface area (Å²) in [6.07, 6.45) is 4.80. The first-order chi connectivity index (χ1) is 46.8. The molecule has 6 N–H and O–H groups in total. The van der Waals surface area contributed by atoms with Crippen molar-refractivity contribution in [1.82, 2.24) is 75.6 Å². The van der Waals surface area contributed by atoms with Gasteiger partial charge < -0.3 is 70.6 Å². The Morgan fingerprint density at radius 2 is 1.02 bits per heavy atom. The second-order valence-corrected chi connectivity index (χ2v) is 29.8. The van der Waals surface area contributed by atoms with Crippen molar-refractivity contribution in [2.24, 2.45) is 35.5 Å². The van der Waals surface area contributed by atoms with Crippen LogP contribution in [0.5, 0.6) is 0 Å². The third-order valence-corrected chi connectivity index (χ3v) is 19.4. The summed E-state index contributed by atoms with van der Waals surface area (Å²) in [5, 5.41) is 30.4. The molecule has 3 heterocycles. The number of aromatic nitrogens is 3.